The van der Waals surface area contributed by atoms with Gasteiger partial charge in [-0.2, -0.15) is 5.10 Å². The Balaban J connectivity index is 1.87. The number of hydrogen-bond acceptors (Lipinski definition) is 3. The van der Waals surface area contributed by atoms with Crippen LogP contribution in [0.5, 0.6) is 0 Å². The van der Waals surface area contributed by atoms with E-state index in [1.165, 1.54) is 13.0 Å². The van der Waals surface area contributed by atoms with Crippen LogP contribution >= 0.6 is 0 Å². The fourth-order valence-corrected chi connectivity index (χ4v) is 2.08. The molecule has 2 heterocycles. The molecule has 4 heteroatoms. The lowest BCUT2D eigenvalue weighted by Gasteiger charge is -2.20. The molecule has 1 N–H and O–H groups in total. The maximum Gasteiger partial charge on any atom is 0.148 e. The third-order valence-electron chi connectivity index (χ3n) is 3.02. The molecular weight excluding hydrogens is 188 g/mol. The van der Waals surface area contributed by atoms with Gasteiger partial charge in [-0.05, 0) is 20.3 Å². The van der Waals surface area contributed by atoms with E-state index in [1.54, 1.807) is 0 Å². The molecule has 1 unspecified atom stereocenters. The monoisotopic (exact) mass is 208 g/mol. The molecule has 0 aromatic carbocycles. The van der Waals surface area contributed by atoms with Gasteiger partial charge in [0.2, 0.25) is 0 Å². The van der Waals surface area contributed by atoms with Crippen molar-refractivity contribution in [3.8, 4) is 0 Å². The minimum atomic E-state index is 0.558. The van der Waals surface area contributed by atoms with Crippen LogP contribution in [0.25, 0.3) is 0 Å². The summed E-state index contributed by atoms with van der Waals surface area (Å²) in [5, 5.41) is 7.80. The molecule has 1 saturated heterocycles. The number of nitrogens with zero attached hydrogens (tertiary/aromatic N) is 3. The van der Waals surface area contributed by atoms with E-state index in [-0.39, 0.29) is 0 Å². The molecule has 84 valence electrons. The summed E-state index contributed by atoms with van der Waals surface area (Å²) in [5.74, 6) is 0.994. The van der Waals surface area contributed by atoms with Gasteiger partial charge in [-0.15, -0.1) is 0 Å². The van der Waals surface area contributed by atoms with Crippen LogP contribution in [-0.4, -0.2) is 39.9 Å². The Morgan fingerprint density at radius 3 is 2.87 bits per heavy atom. The van der Waals surface area contributed by atoms with E-state index in [0.29, 0.717) is 12.1 Å². The van der Waals surface area contributed by atoms with Crippen molar-refractivity contribution in [1.82, 2.24) is 14.7 Å². The summed E-state index contributed by atoms with van der Waals surface area (Å²) >= 11 is 0. The van der Waals surface area contributed by atoms with Crippen molar-refractivity contribution in [3.63, 3.8) is 0 Å². The van der Waals surface area contributed by atoms with Gasteiger partial charge in [0.25, 0.3) is 0 Å². The number of likely N-dealkylation sites (tertiary alicyclic amines) is 1. The molecule has 1 aliphatic rings. The fourth-order valence-electron chi connectivity index (χ4n) is 2.08. The van der Waals surface area contributed by atoms with E-state index in [9.17, 15) is 0 Å². The van der Waals surface area contributed by atoms with Crippen LogP contribution in [0, 0.1) is 0 Å². The van der Waals surface area contributed by atoms with Gasteiger partial charge >= 0.3 is 0 Å². The Bertz CT molecular complexity index is 318. The number of aryl methyl sites for hydroxylation is 1. The largest absolute Gasteiger partial charge is 0.365 e. The van der Waals surface area contributed by atoms with E-state index in [2.05, 4.69) is 29.2 Å². The number of nitrogens with one attached hydrogen (secondary N) is 1. The Morgan fingerprint density at radius 1 is 1.53 bits per heavy atom. The second-order valence-electron chi connectivity index (χ2n) is 4.59. The standard InChI is InChI=1S/C11H20N4/c1-9(2)15-7-4-10(8-15)12-11-5-6-14(3)13-11/h5-6,9-10H,4,7-8H2,1-3H3,(H,12,13). The van der Waals surface area contributed by atoms with Gasteiger partial charge in [-0.1, -0.05) is 0 Å². The quantitative estimate of drug-likeness (QED) is 0.813. The third kappa shape index (κ3) is 2.50. The van der Waals surface area contributed by atoms with Gasteiger partial charge in [-0.25, -0.2) is 0 Å². The van der Waals surface area contributed by atoms with Crippen molar-refractivity contribution in [3.05, 3.63) is 12.3 Å². The van der Waals surface area contributed by atoms with Crippen LogP contribution in [0.1, 0.15) is 20.3 Å². The normalized spacial score (nSPS) is 22.5. The van der Waals surface area contributed by atoms with E-state index < -0.39 is 0 Å². The van der Waals surface area contributed by atoms with Crippen LogP contribution in [0.15, 0.2) is 12.3 Å². The van der Waals surface area contributed by atoms with Crippen LogP contribution < -0.4 is 5.32 Å². The maximum absolute atomic E-state index is 4.33. The summed E-state index contributed by atoms with van der Waals surface area (Å²) in [6, 6.07) is 3.24. The molecule has 2 rings (SSSR count). The molecule has 0 bridgehead atoms. The van der Waals surface area contributed by atoms with E-state index >= 15 is 0 Å². The van der Waals surface area contributed by atoms with Gasteiger partial charge in [0, 0.05) is 44.5 Å². The summed E-state index contributed by atoms with van der Waals surface area (Å²) < 4.78 is 1.83. The summed E-state index contributed by atoms with van der Waals surface area (Å²) in [4.78, 5) is 2.50. The summed E-state index contributed by atoms with van der Waals surface area (Å²) in [5.41, 5.74) is 0. The minimum absolute atomic E-state index is 0.558. The average Bonchev–Trinajstić information content (AvgIpc) is 2.76. The topological polar surface area (TPSA) is 33.1 Å². The van der Waals surface area contributed by atoms with Crippen molar-refractivity contribution >= 4 is 5.82 Å². The highest BCUT2D eigenvalue weighted by Gasteiger charge is 2.24. The summed E-state index contributed by atoms with van der Waals surface area (Å²) in [6.07, 6.45) is 3.19. The average molecular weight is 208 g/mol. The Morgan fingerprint density at radius 2 is 2.33 bits per heavy atom. The third-order valence-corrected chi connectivity index (χ3v) is 3.02. The first-order chi connectivity index (χ1) is 7.15. The van der Waals surface area contributed by atoms with Crippen molar-refractivity contribution in [2.45, 2.75) is 32.4 Å². The number of aromatic nitrogens is 2. The van der Waals surface area contributed by atoms with Gasteiger partial charge < -0.3 is 5.32 Å². The molecule has 1 fully saturated rings. The molecular formula is C11H20N4. The van der Waals surface area contributed by atoms with Gasteiger partial charge in [0.1, 0.15) is 5.82 Å². The van der Waals surface area contributed by atoms with Gasteiger partial charge in [-0.3, -0.25) is 9.58 Å². The van der Waals surface area contributed by atoms with Crippen molar-refractivity contribution < 1.29 is 0 Å². The molecule has 0 spiro atoms. The van der Waals surface area contributed by atoms with Crippen LogP contribution in [0.2, 0.25) is 0 Å². The summed E-state index contributed by atoms with van der Waals surface area (Å²) in [6.45, 7) is 6.84. The second-order valence-corrected chi connectivity index (χ2v) is 4.59. The predicted octanol–water partition coefficient (Wildman–Crippen LogP) is 1.31. The molecule has 0 aliphatic carbocycles. The van der Waals surface area contributed by atoms with Crippen molar-refractivity contribution in [2.75, 3.05) is 18.4 Å². The first-order valence-corrected chi connectivity index (χ1v) is 5.65. The van der Waals surface area contributed by atoms with E-state index in [0.717, 1.165) is 12.4 Å². The predicted molar refractivity (Wildman–Crippen MR) is 61.9 cm³/mol. The highest BCUT2D eigenvalue weighted by atomic mass is 15.3. The zero-order valence-corrected chi connectivity index (χ0v) is 9.77. The smallest absolute Gasteiger partial charge is 0.148 e. The lowest BCUT2D eigenvalue weighted by atomic mass is 10.2. The summed E-state index contributed by atoms with van der Waals surface area (Å²) in [7, 11) is 1.94. The lowest BCUT2D eigenvalue weighted by Crippen LogP contribution is -2.31. The molecule has 15 heavy (non-hydrogen) atoms. The van der Waals surface area contributed by atoms with Crippen LogP contribution in [0.4, 0.5) is 5.82 Å². The Hall–Kier alpha value is -1.03. The van der Waals surface area contributed by atoms with Crippen LogP contribution in [0.3, 0.4) is 0 Å². The first kappa shape index (κ1) is 10.5. The number of hydrogen-bond donors (Lipinski definition) is 1. The molecule has 0 amide bonds. The SMILES string of the molecule is CC(C)N1CCC(Nc2ccn(C)n2)C1. The van der Waals surface area contributed by atoms with Gasteiger partial charge in [0.15, 0.2) is 0 Å². The Kier molecular flexibility index (Phi) is 2.95. The molecule has 0 radical (unpaired) electrons. The number of rotatable bonds is 3. The highest BCUT2D eigenvalue weighted by molar-refractivity contribution is 5.34. The molecule has 1 aromatic rings. The molecule has 1 atom stereocenters. The minimum Gasteiger partial charge on any atom is -0.365 e. The molecule has 4 nitrogen and oxygen atoms in total. The molecule has 1 aliphatic heterocycles. The molecule has 1 aromatic heterocycles. The van der Waals surface area contributed by atoms with E-state index in [1.807, 2.05) is 24.0 Å². The molecule has 0 saturated carbocycles. The van der Waals surface area contributed by atoms with Crippen molar-refractivity contribution in [2.24, 2.45) is 7.05 Å². The maximum atomic E-state index is 4.33. The van der Waals surface area contributed by atoms with Crippen LogP contribution in [-0.2, 0) is 7.05 Å². The van der Waals surface area contributed by atoms with Crippen molar-refractivity contribution in [1.29, 1.82) is 0 Å². The second kappa shape index (κ2) is 4.23. The Labute approximate surface area is 91.3 Å². The lowest BCUT2D eigenvalue weighted by molar-refractivity contribution is 0.274. The first-order valence-electron chi connectivity index (χ1n) is 5.65. The zero-order chi connectivity index (χ0) is 10.8. The highest BCUT2D eigenvalue weighted by Crippen LogP contribution is 2.16. The van der Waals surface area contributed by atoms with Gasteiger partial charge in [0.05, 0.1) is 0 Å². The van der Waals surface area contributed by atoms with E-state index in [4.69, 9.17) is 0 Å². The number of anilines is 1. The fraction of sp³-hybridized carbons (Fsp3) is 0.727. The zero-order valence-electron chi connectivity index (χ0n) is 9.77.